The van der Waals surface area contributed by atoms with Crippen LogP contribution in [0.4, 0.5) is 11.4 Å². The highest BCUT2D eigenvalue weighted by molar-refractivity contribution is 9.10. The summed E-state index contributed by atoms with van der Waals surface area (Å²) in [4.78, 5) is 19.2. The fraction of sp³-hybridized carbons (Fsp3) is 0.0667. The molecule has 198 valence electrons. The fourth-order valence-corrected chi connectivity index (χ4v) is 6.08. The van der Waals surface area contributed by atoms with Crippen molar-refractivity contribution in [2.75, 3.05) is 4.90 Å². The van der Waals surface area contributed by atoms with E-state index in [4.69, 9.17) is 16.6 Å². The molecule has 1 aliphatic rings. The van der Waals surface area contributed by atoms with E-state index < -0.39 is 4.92 Å². The third-order valence-corrected chi connectivity index (χ3v) is 8.40. The van der Waals surface area contributed by atoms with Crippen molar-refractivity contribution < 1.29 is 9.34 Å². The average molecular weight is 630 g/mol. The summed E-state index contributed by atoms with van der Waals surface area (Å²) in [6.45, 7) is 0. The van der Waals surface area contributed by atoms with Gasteiger partial charge < -0.3 is 14.6 Å². The maximum Gasteiger partial charge on any atom is 0.269 e. The predicted molar refractivity (Wildman–Crippen MR) is 163 cm³/mol. The molecule has 3 aromatic carbocycles. The zero-order valence-electron chi connectivity index (χ0n) is 20.8. The molecule has 40 heavy (non-hydrogen) atoms. The Morgan fingerprint density at radius 2 is 1.62 bits per heavy atom. The van der Waals surface area contributed by atoms with Crippen molar-refractivity contribution >= 4 is 56.4 Å². The topological polar surface area (TPSA) is 84.4 Å². The lowest BCUT2D eigenvalue weighted by molar-refractivity contribution is -0.384. The number of benzene rings is 3. The van der Waals surface area contributed by atoms with Crippen LogP contribution < -0.4 is 10.2 Å². The van der Waals surface area contributed by atoms with Crippen LogP contribution in [-0.2, 0) is 0 Å². The van der Waals surface area contributed by atoms with Crippen LogP contribution in [0.5, 0.6) is 0 Å². The molecule has 1 fully saturated rings. The summed E-state index contributed by atoms with van der Waals surface area (Å²) in [6, 6.07) is 32.0. The second-order valence-corrected chi connectivity index (χ2v) is 11.5. The highest BCUT2D eigenvalue weighted by atomic mass is 79.9. The number of thiocarbonyl (C=S) groups is 1. The second-order valence-electron chi connectivity index (χ2n) is 9.05. The molecule has 1 N–H and O–H groups in total. The van der Waals surface area contributed by atoms with Gasteiger partial charge in [-0.05, 0) is 85.0 Å². The van der Waals surface area contributed by atoms with Gasteiger partial charge in [0.1, 0.15) is 17.6 Å². The molecular weight excluding hydrogens is 608 g/mol. The van der Waals surface area contributed by atoms with E-state index in [0.717, 1.165) is 42.7 Å². The predicted octanol–water partition coefficient (Wildman–Crippen LogP) is 8.34. The Bertz CT molecular complexity index is 1660. The molecule has 6 rings (SSSR count). The zero-order chi connectivity index (χ0) is 27.6. The van der Waals surface area contributed by atoms with Gasteiger partial charge in [-0.1, -0.05) is 45.9 Å². The Morgan fingerprint density at radius 1 is 0.925 bits per heavy atom. The molecule has 1 saturated heterocycles. The number of pyridine rings is 1. The molecule has 0 unspecified atom stereocenters. The van der Waals surface area contributed by atoms with E-state index in [9.17, 15) is 10.1 Å². The number of nitrogens with zero attached hydrogens (tertiary/aromatic N) is 3. The number of nitro benzene ring substituents is 1. The lowest BCUT2D eigenvalue weighted by Gasteiger charge is -2.26. The van der Waals surface area contributed by atoms with Gasteiger partial charge in [0.15, 0.2) is 5.11 Å². The SMILES string of the molecule is O=[N+]([O-])c1ccc(Sc2ccc(N3C(=S)N[C@H](c4ccccn4)[C@@H]3c3ccc(-c4ccc(Br)cc4)o3)cc2)cc1. The van der Waals surface area contributed by atoms with Gasteiger partial charge in [-0.2, -0.15) is 0 Å². The molecule has 0 aliphatic carbocycles. The van der Waals surface area contributed by atoms with Crippen LogP contribution in [0.25, 0.3) is 11.3 Å². The average Bonchev–Trinajstić information content (AvgIpc) is 3.59. The number of hydrogen-bond donors (Lipinski definition) is 1. The van der Waals surface area contributed by atoms with Crippen LogP contribution in [0.3, 0.4) is 0 Å². The maximum absolute atomic E-state index is 11.0. The van der Waals surface area contributed by atoms with Gasteiger partial charge in [-0.25, -0.2) is 0 Å². The summed E-state index contributed by atoms with van der Waals surface area (Å²) >= 11 is 10.9. The molecule has 0 radical (unpaired) electrons. The largest absolute Gasteiger partial charge is 0.459 e. The van der Waals surface area contributed by atoms with Crippen LogP contribution in [0.1, 0.15) is 23.5 Å². The first-order chi connectivity index (χ1) is 19.5. The molecule has 0 saturated carbocycles. The van der Waals surface area contributed by atoms with Crippen molar-refractivity contribution in [1.82, 2.24) is 10.3 Å². The van der Waals surface area contributed by atoms with Crippen LogP contribution in [0.15, 0.2) is 128 Å². The standard InChI is InChI=1S/C30H21BrN4O3S2/c31-20-6-4-19(5-7-20)26-16-17-27(38-26)29-28(25-3-1-2-18-32-25)33-30(39)34(29)21-8-12-23(13-9-21)40-24-14-10-22(11-15-24)35(36)37/h1-18,28-29H,(H,33,39)/t28-,29+/m1/s1. The minimum atomic E-state index is -0.397. The van der Waals surface area contributed by atoms with Gasteiger partial charge >= 0.3 is 0 Å². The molecular formula is C30H21BrN4O3S2. The number of rotatable bonds is 7. The number of halogens is 1. The van der Waals surface area contributed by atoms with Crippen molar-refractivity contribution in [3.05, 3.63) is 135 Å². The van der Waals surface area contributed by atoms with Gasteiger partial charge in [0.25, 0.3) is 5.69 Å². The molecule has 10 heteroatoms. The van der Waals surface area contributed by atoms with Crippen molar-refractivity contribution in [1.29, 1.82) is 0 Å². The van der Waals surface area contributed by atoms with Gasteiger partial charge in [0.05, 0.1) is 16.7 Å². The maximum atomic E-state index is 11.0. The molecule has 5 aromatic rings. The van der Waals surface area contributed by atoms with Crippen molar-refractivity contribution in [3.63, 3.8) is 0 Å². The van der Waals surface area contributed by atoms with Crippen molar-refractivity contribution in [2.45, 2.75) is 21.9 Å². The molecule has 3 heterocycles. The molecule has 0 spiro atoms. The Morgan fingerprint density at radius 3 is 2.27 bits per heavy atom. The van der Waals surface area contributed by atoms with E-state index >= 15 is 0 Å². The molecule has 2 aromatic heterocycles. The number of anilines is 1. The highest BCUT2D eigenvalue weighted by Gasteiger charge is 2.42. The zero-order valence-corrected chi connectivity index (χ0v) is 24.0. The number of furan rings is 1. The van der Waals surface area contributed by atoms with E-state index in [2.05, 4.69) is 31.1 Å². The summed E-state index contributed by atoms with van der Waals surface area (Å²) in [7, 11) is 0. The number of aromatic nitrogens is 1. The minimum Gasteiger partial charge on any atom is -0.459 e. The number of non-ortho nitro benzene ring substituents is 1. The fourth-order valence-electron chi connectivity index (χ4n) is 4.65. The van der Waals surface area contributed by atoms with Crippen LogP contribution >= 0.6 is 39.9 Å². The summed E-state index contributed by atoms with van der Waals surface area (Å²) in [6.07, 6.45) is 1.78. The summed E-state index contributed by atoms with van der Waals surface area (Å²) in [5, 5.41) is 15.0. The van der Waals surface area contributed by atoms with Gasteiger partial charge in [0.2, 0.25) is 0 Å². The monoisotopic (exact) mass is 628 g/mol. The molecule has 7 nitrogen and oxygen atoms in total. The first kappa shape index (κ1) is 26.2. The molecule has 1 aliphatic heterocycles. The van der Waals surface area contributed by atoms with Crippen LogP contribution in [-0.4, -0.2) is 15.0 Å². The first-order valence-corrected chi connectivity index (χ1v) is 14.4. The van der Waals surface area contributed by atoms with E-state index in [1.165, 1.54) is 23.9 Å². The van der Waals surface area contributed by atoms with Gasteiger partial charge in [0, 0.05) is 43.8 Å². The second kappa shape index (κ2) is 11.2. The van der Waals surface area contributed by atoms with Crippen LogP contribution in [0.2, 0.25) is 0 Å². The Hall–Kier alpha value is -3.99. The van der Waals surface area contributed by atoms with E-state index in [-0.39, 0.29) is 17.8 Å². The van der Waals surface area contributed by atoms with E-state index in [1.807, 2.05) is 78.9 Å². The van der Waals surface area contributed by atoms with Crippen molar-refractivity contribution in [2.24, 2.45) is 0 Å². The Balaban J connectivity index is 1.31. The minimum absolute atomic E-state index is 0.0736. The highest BCUT2D eigenvalue weighted by Crippen LogP contribution is 2.43. The Kier molecular flexibility index (Phi) is 7.38. The summed E-state index contributed by atoms with van der Waals surface area (Å²) < 4.78 is 7.44. The third kappa shape index (κ3) is 5.38. The smallest absolute Gasteiger partial charge is 0.269 e. The lowest BCUT2D eigenvalue weighted by atomic mass is 10.0. The molecule has 0 amide bonds. The number of nitrogens with one attached hydrogen (secondary N) is 1. The van der Waals surface area contributed by atoms with Crippen LogP contribution in [0, 0.1) is 10.1 Å². The first-order valence-electron chi connectivity index (χ1n) is 12.3. The Labute approximate surface area is 248 Å². The lowest BCUT2D eigenvalue weighted by Crippen LogP contribution is -2.29. The van der Waals surface area contributed by atoms with Crippen molar-refractivity contribution in [3.8, 4) is 11.3 Å². The summed E-state index contributed by atoms with van der Waals surface area (Å²) in [5.41, 5.74) is 2.83. The summed E-state index contributed by atoms with van der Waals surface area (Å²) in [5.74, 6) is 1.54. The number of nitro groups is 1. The van der Waals surface area contributed by atoms with E-state index in [1.54, 1.807) is 18.3 Å². The quantitative estimate of drug-likeness (QED) is 0.109. The van der Waals surface area contributed by atoms with Gasteiger partial charge in [-0.15, -0.1) is 0 Å². The third-order valence-electron chi connectivity index (χ3n) is 6.54. The molecule has 2 atom stereocenters. The van der Waals surface area contributed by atoms with E-state index in [0.29, 0.717) is 5.11 Å². The number of hydrogen-bond acceptors (Lipinski definition) is 6. The molecule has 0 bridgehead atoms. The normalized spacial score (nSPS) is 16.6. The van der Waals surface area contributed by atoms with Gasteiger partial charge in [-0.3, -0.25) is 15.1 Å².